The number of nitrogens with one attached hydrogen (secondary N) is 1. The van der Waals surface area contributed by atoms with Crippen molar-refractivity contribution >= 4 is 33.8 Å². The van der Waals surface area contributed by atoms with Gasteiger partial charge < -0.3 is 4.98 Å². The Kier molecular flexibility index (Phi) is 3.54. The Morgan fingerprint density at radius 1 is 1.27 bits per heavy atom. The number of benzene rings is 2. The van der Waals surface area contributed by atoms with Crippen molar-refractivity contribution in [2.24, 2.45) is 5.10 Å². The van der Waals surface area contributed by atoms with E-state index in [1.807, 2.05) is 0 Å². The summed E-state index contributed by atoms with van der Waals surface area (Å²) in [6, 6.07) is 9.97. The maximum absolute atomic E-state index is 13.4. The van der Waals surface area contributed by atoms with Crippen molar-refractivity contribution in [3.63, 3.8) is 0 Å². The predicted molar refractivity (Wildman–Crippen MR) is 93.9 cm³/mol. The summed E-state index contributed by atoms with van der Waals surface area (Å²) in [5.41, 5.74) is 1.06. The van der Waals surface area contributed by atoms with E-state index in [9.17, 15) is 19.3 Å². The zero-order valence-corrected chi connectivity index (χ0v) is 13.1. The van der Waals surface area contributed by atoms with E-state index < -0.39 is 16.3 Å². The summed E-state index contributed by atoms with van der Waals surface area (Å²) in [5.74, 6) is -0.423. The molecule has 9 heteroatoms. The van der Waals surface area contributed by atoms with Crippen LogP contribution in [0.2, 0.25) is 0 Å². The Hall–Kier alpha value is -3.88. The number of nitrogens with zero attached hydrogens (tertiary/aromatic N) is 4. The van der Waals surface area contributed by atoms with Gasteiger partial charge in [0.25, 0.3) is 11.2 Å². The van der Waals surface area contributed by atoms with Crippen molar-refractivity contribution in [3.8, 4) is 0 Å². The number of rotatable bonds is 3. The van der Waals surface area contributed by atoms with Crippen LogP contribution >= 0.6 is 0 Å². The summed E-state index contributed by atoms with van der Waals surface area (Å²) in [4.78, 5) is 29.9. The molecule has 0 atom stereocenters. The topological polar surface area (TPSA) is 106 Å². The van der Waals surface area contributed by atoms with Gasteiger partial charge in [0.1, 0.15) is 23.2 Å². The van der Waals surface area contributed by atoms with Crippen molar-refractivity contribution in [2.75, 3.05) is 0 Å². The molecule has 2 aromatic heterocycles. The second-order valence-corrected chi connectivity index (χ2v) is 5.53. The summed E-state index contributed by atoms with van der Waals surface area (Å²) in [6.07, 6.45) is 2.54. The first kappa shape index (κ1) is 15.6. The Morgan fingerprint density at radius 3 is 2.92 bits per heavy atom. The molecule has 0 amide bonds. The maximum atomic E-state index is 13.4. The van der Waals surface area contributed by atoms with Crippen molar-refractivity contribution in [1.82, 2.24) is 14.6 Å². The highest BCUT2D eigenvalue weighted by Crippen LogP contribution is 2.22. The Bertz CT molecular complexity index is 1260. The molecule has 0 aliphatic heterocycles. The van der Waals surface area contributed by atoms with Crippen LogP contribution < -0.4 is 5.56 Å². The quantitative estimate of drug-likeness (QED) is 0.348. The smallest absolute Gasteiger partial charge is 0.298 e. The number of hydrogen-bond acceptors (Lipinski definition) is 5. The van der Waals surface area contributed by atoms with Gasteiger partial charge >= 0.3 is 0 Å². The zero-order chi connectivity index (χ0) is 18.3. The highest BCUT2D eigenvalue weighted by molar-refractivity contribution is 6.04. The largest absolute Gasteiger partial charge is 0.349 e. The maximum Gasteiger partial charge on any atom is 0.298 e. The number of nitro benzene ring substituents is 1. The minimum absolute atomic E-state index is 0.0764. The molecule has 1 N–H and O–H groups in total. The fourth-order valence-electron chi connectivity index (χ4n) is 2.65. The van der Waals surface area contributed by atoms with Crippen molar-refractivity contribution in [2.45, 2.75) is 0 Å². The van der Waals surface area contributed by atoms with E-state index in [0.717, 1.165) is 4.68 Å². The number of aromatic nitrogens is 3. The number of fused-ring (bicyclic) bond motifs is 3. The zero-order valence-electron chi connectivity index (χ0n) is 13.1. The van der Waals surface area contributed by atoms with Crippen LogP contribution in [0.1, 0.15) is 5.56 Å². The lowest BCUT2D eigenvalue weighted by Gasteiger charge is -1.98. The molecule has 128 valence electrons. The van der Waals surface area contributed by atoms with E-state index in [4.69, 9.17) is 0 Å². The lowest BCUT2D eigenvalue weighted by molar-refractivity contribution is -0.384. The normalized spacial score (nSPS) is 11.6. The fourth-order valence-corrected chi connectivity index (χ4v) is 2.65. The molecule has 26 heavy (non-hydrogen) atoms. The first-order valence-electron chi connectivity index (χ1n) is 7.50. The highest BCUT2D eigenvalue weighted by atomic mass is 19.1. The molecule has 2 heterocycles. The predicted octanol–water partition coefficient (Wildman–Crippen LogP) is 2.81. The molecule has 0 bridgehead atoms. The van der Waals surface area contributed by atoms with Gasteiger partial charge in [-0.05, 0) is 18.2 Å². The molecule has 2 aromatic carbocycles. The molecular weight excluding hydrogens is 341 g/mol. The van der Waals surface area contributed by atoms with Crippen LogP contribution in [0.15, 0.2) is 58.7 Å². The Balaban J connectivity index is 1.79. The van der Waals surface area contributed by atoms with Crippen LogP contribution in [0.5, 0.6) is 0 Å². The molecule has 8 nitrogen and oxygen atoms in total. The number of halogens is 1. The molecule has 0 spiro atoms. The van der Waals surface area contributed by atoms with E-state index in [0.29, 0.717) is 22.0 Å². The molecule has 0 saturated heterocycles. The van der Waals surface area contributed by atoms with Gasteiger partial charge in [0.05, 0.1) is 11.1 Å². The van der Waals surface area contributed by atoms with Crippen molar-refractivity contribution < 1.29 is 9.31 Å². The average molecular weight is 351 g/mol. The minimum Gasteiger partial charge on any atom is -0.349 e. The first-order valence-corrected chi connectivity index (χ1v) is 7.50. The molecular formula is C17H10FN5O3. The van der Waals surface area contributed by atoms with E-state index in [1.165, 1.54) is 48.9 Å². The second-order valence-electron chi connectivity index (χ2n) is 5.53. The van der Waals surface area contributed by atoms with Gasteiger partial charge in [0, 0.05) is 28.6 Å². The van der Waals surface area contributed by atoms with E-state index in [2.05, 4.69) is 15.1 Å². The molecule has 4 aromatic rings. The van der Waals surface area contributed by atoms with E-state index in [-0.39, 0.29) is 11.2 Å². The summed E-state index contributed by atoms with van der Waals surface area (Å²) < 4.78 is 14.4. The van der Waals surface area contributed by atoms with Crippen molar-refractivity contribution in [1.29, 1.82) is 0 Å². The lowest BCUT2D eigenvalue weighted by Crippen LogP contribution is -2.17. The first-order chi connectivity index (χ1) is 12.5. The van der Waals surface area contributed by atoms with Crippen molar-refractivity contribution in [3.05, 3.63) is 80.6 Å². The molecule has 0 unspecified atom stereocenters. The van der Waals surface area contributed by atoms with Crippen LogP contribution in [-0.2, 0) is 0 Å². The number of nitro groups is 1. The molecule has 0 radical (unpaired) electrons. The van der Waals surface area contributed by atoms with Gasteiger partial charge in [-0.2, -0.15) is 9.78 Å². The van der Waals surface area contributed by atoms with Crippen LogP contribution in [0.4, 0.5) is 10.1 Å². The third kappa shape index (κ3) is 2.61. The van der Waals surface area contributed by atoms with Gasteiger partial charge in [-0.3, -0.25) is 14.9 Å². The lowest BCUT2D eigenvalue weighted by atomic mass is 10.2. The Labute approximate surface area is 144 Å². The summed E-state index contributed by atoms with van der Waals surface area (Å²) in [5, 5.41) is 15.3. The molecule has 0 fully saturated rings. The highest BCUT2D eigenvalue weighted by Gasteiger charge is 2.11. The second kappa shape index (κ2) is 5.88. The summed E-state index contributed by atoms with van der Waals surface area (Å²) in [7, 11) is 0. The fraction of sp³-hybridized carbons (Fsp3) is 0. The molecule has 0 aliphatic carbocycles. The molecule has 0 saturated carbocycles. The van der Waals surface area contributed by atoms with Crippen LogP contribution in [0.3, 0.4) is 0 Å². The van der Waals surface area contributed by atoms with E-state index in [1.54, 1.807) is 6.07 Å². The van der Waals surface area contributed by atoms with Gasteiger partial charge in [0.2, 0.25) is 0 Å². The van der Waals surface area contributed by atoms with Gasteiger partial charge in [-0.1, -0.05) is 12.1 Å². The van der Waals surface area contributed by atoms with Crippen LogP contribution in [0.25, 0.3) is 21.9 Å². The van der Waals surface area contributed by atoms with Crippen LogP contribution in [-0.4, -0.2) is 25.8 Å². The SMILES string of the molecule is O=c1c2[nH]c3ccc(F)cc3c2ncn1/N=C/c1cccc([N+](=O)[O-])c1. The number of aromatic amines is 1. The van der Waals surface area contributed by atoms with Gasteiger partial charge in [-0.25, -0.2) is 9.37 Å². The Morgan fingerprint density at radius 2 is 2.12 bits per heavy atom. The van der Waals surface area contributed by atoms with E-state index >= 15 is 0 Å². The number of H-pyrrole nitrogens is 1. The monoisotopic (exact) mass is 351 g/mol. The van der Waals surface area contributed by atoms with Crippen LogP contribution in [0, 0.1) is 15.9 Å². The minimum atomic E-state index is -0.513. The third-order valence-electron chi connectivity index (χ3n) is 3.86. The van der Waals surface area contributed by atoms with Gasteiger partial charge in [0.15, 0.2) is 0 Å². The average Bonchev–Trinajstić information content (AvgIpc) is 3.00. The molecule has 0 aliphatic rings. The molecule has 4 rings (SSSR count). The summed E-state index contributed by atoms with van der Waals surface area (Å²) >= 11 is 0. The van der Waals surface area contributed by atoms with Gasteiger partial charge in [-0.15, -0.1) is 0 Å². The standard InChI is InChI=1S/C17H10FN5O3/c18-11-4-5-14-13(7-11)15-16(21-14)17(24)22(9-19-15)20-8-10-2-1-3-12(6-10)23(25)26/h1-9,21H/b20-8+. The number of hydrogen-bond donors (Lipinski definition) is 1. The summed E-state index contributed by atoms with van der Waals surface area (Å²) in [6.45, 7) is 0. The number of non-ortho nitro benzene ring substituents is 1. The third-order valence-corrected chi connectivity index (χ3v) is 3.86.